The minimum absolute atomic E-state index is 0.0355. The molecule has 31 heavy (non-hydrogen) atoms. The van der Waals surface area contributed by atoms with Crippen molar-refractivity contribution in [3.63, 3.8) is 0 Å². The zero-order chi connectivity index (χ0) is 22.6. The number of rotatable bonds is 10. The smallest absolute Gasteiger partial charge is 0.240 e. The number of anilines is 1. The number of para-hydroxylation sites is 1. The first-order valence-electron chi connectivity index (χ1n) is 9.33. The second kappa shape index (κ2) is 12.2. The molecule has 0 unspecified atom stereocenters. The predicted molar refractivity (Wildman–Crippen MR) is 117 cm³/mol. The van der Waals surface area contributed by atoms with Gasteiger partial charge in [-0.2, -0.15) is 5.10 Å². The number of benzene rings is 2. The molecule has 2 aromatic carbocycles. The molecule has 0 radical (unpaired) electrons. The van der Waals surface area contributed by atoms with Gasteiger partial charge in [-0.15, -0.1) is 6.42 Å². The predicted octanol–water partition coefficient (Wildman–Crippen LogP) is 3.76. The van der Waals surface area contributed by atoms with Crippen molar-refractivity contribution < 1.29 is 23.5 Å². The number of amides is 2. The number of hydrogen-bond donors (Lipinski definition) is 2. The van der Waals surface area contributed by atoms with Gasteiger partial charge in [0.25, 0.3) is 0 Å². The van der Waals surface area contributed by atoms with Gasteiger partial charge in [-0.25, -0.2) is 9.82 Å². The van der Waals surface area contributed by atoms with Crippen LogP contribution in [-0.4, -0.2) is 31.2 Å². The average molecular weight is 446 g/mol. The van der Waals surface area contributed by atoms with Crippen LogP contribution in [-0.2, 0) is 9.59 Å². The molecule has 0 spiro atoms. The molecule has 0 atom stereocenters. The van der Waals surface area contributed by atoms with Crippen molar-refractivity contribution in [2.24, 2.45) is 5.10 Å². The van der Waals surface area contributed by atoms with Crippen LogP contribution in [0, 0.1) is 18.2 Å². The second-order valence-corrected chi connectivity index (χ2v) is 6.48. The maximum Gasteiger partial charge on any atom is 0.240 e. The van der Waals surface area contributed by atoms with Gasteiger partial charge in [0.1, 0.15) is 12.4 Å². The molecular formula is C22H21ClFN3O4. The van der Waals surface area contributed by atoms with E-state index in [1.165, 1.54) is 24.4 Å². The molecule has 0 aliphatic heterocycles. The molecule has 0 heterocycles. The molecule has 7 nitrogen and oxygen atoms in total. The van der Waals surface area contributed by atoms with Crippen LogP contribution in [0.3, 0.4) is 0 Å². The monoisotopic (exact) mass is 445 g/mol. The minimum atomic E-state index is -0.550. The van der Waals surface area contributed by atoms with Crippen LogP contribution in [0.1, 0.15) is 25.3 Å². The van der Waals surface area contributed by atoms with Gasteiger partial charge >= 0.3 is 0 Å². The first-order valence-corrected chi connectivity index (χ1v) is 9.71. The average Bonchev–Trinajstić information content (AvgIpc) is 2.74. The second-order valence-electron chi connectivity index (χ2n) is 6.08. The van der Waals surface area contributed by atoms with E-state index in [9.17, 15) is 14.0 Å². The van der Waals surface area contributed by atoms with E-state index < -0.39 is 17.6 Å². The van der Waals surface area contributed by atoms with E-state index in [4.69, 9.17) is 27.5 Å². The van der Waals surface area contributed by atoms with E-state index in [0.717, 1.165) is 0 Å². The fourth-order valence-electron chi connectivity index (χ4n) is 2.42. The fourth-order valence-corrected chi connectivity index (χ4v) is 2.69. The number of hydrogen-bond acceptors (Lipinski definition) is 5. The lowest BCUT2D eigenvalue weighted by Crippen LogP contribution is -2.21. The summed E-state index contributed by atoms with van der Waals surface area (Å²) in [5, 5.41) is 6.53. The van der Waals surface area contributed by atoms with E-state index >= 15 is 0 Å². The van der Waals surface area contributed by atoms with Crippen molar-refractivity contribution in [3.8, 4) is 23.8 Å². The molecule has 0 fully saturated rings. The summed E-state index contributed by atoms with van der Waals surface area (Å²) in [5.41, 5.74) is 2.93. The third kappa shape index (κ3) is 7.64. The van der Waals surface area contributed by atoms with Gasteiger partial charge in [0, 0.05) is 12.8 Å². The Morgan fingerprint density at radius 1 is 1.23 bits per heavy atom. The van der Waals surface area contributed by atoms with Crippen molar-refractivity contribution in [1.29, 1.82) is 0 Å². The Labute approximate surface area is 184 Å². The number of ether oxygens (including phenoxy) is 2. The molecule has 0 aliphatic carbocycles. The Balaban J connectivity index is 1.89. The molecule has 0 aromatic heterocycles. The highest BCUT2D eigenvalue weighted by molar-refractivity contribution is 6.32. The molecule has 2 amide bonds. The summed E-state index contributed by atoms with van der Waals surface area (Å²) < 4.78 is 24.4. The lowest BCUT2D eigenvalue weighted by molar-refractivity contribution is -0.124. The highest BCUT2D eigenvalue weighted by Crippen LogP contribution is 2.36. The number of nitrogens with one attached hydrogen (secondary N) is 2. The molecule has 2 rings (SSSR count). The largest absolute Gasteiger partial charge is 0.490 e. The SMILES string of the molecule is C#CCOc1c(Cl)cc(C=NNC(=O)CCC(=O)Nc2ccccc2F)cc1OCC. The summed E-state index contributed by atoms with van der Waals surface area (Å²) in [6.07, 6.45) is 6.32. The van der Waals surface area contributed by atoms with E-state index in [1.807, 2.05) is 6.92 Å². The van der Waals surface area contributed by atoms with Crippen LogP contribution in [0.5, 0.6) is 11.5 Å². The van der Waals surface area contributed by atoms with Crippen LogP contribution < -0.4 is 20.2 Å². The zero-order valence-corrected chi connectivity index (χ0v) is 17.5. The van der Waals surface area contributed by atoms with Crippen molar-refractivity contribution >= 4 is 35.3 Å². The first kappa shape index (κ1) is 23.7. The van der Waals surface area contributed by atoms with Crippen molar-refractivity contribution in [1.82, 2.24) is 5.43 Å². The van der Waals surface area contributed by atoms with E-state index in [1.54, 1.807) is 18.2 Å². The van der Waals surface area contributed by atoms with Gasteiger partial charge in [-0.1, -0.05) is 29.7 Å². The van der Waals surface area contributed by atoms with Crippen LogP contribution in [0.2, 0.25) is 5.02 Å². The third-order valence-corrected chi connectivity index (χ3v) is 4.04. The van der Waals surface area contributed by atoms with Crippen LogP contribution in [0.15, 0.2) is 41.5 Å². The van der Waals surface area contributed by atoms with Crippen LogP contribution in [0.4, 0.5) is 10.1 Å². The van der Waals surface area contributed by atoms with Gasteiger partial charge in [0.2, 0.25) is 11.8 Å². The molecule has 162 valence electrons. The van der Waals surface area contributed by atoms with Gasteiger partial charge in [0.15, 0.2) is 11.5 Å². The third-order valence-electron chi connectivity index (χ3n) is 3.76. The number of hydrazone groups is 1. The summed E-state index contributed by atoms with van der Waals surface area (Å²) >= 11 is 6.22. The molecule has 0 saturated heterocycles. The number of carbonyl (C=O) groups excluding carboxylic acids is 2. The molecular weight excluding hydrogens is 425 g/mol. The molecule has 2 aromatic rings. The Kier molecular flexibility index (Phi) is 9.33. The Bertz CT molecular complexity index is 1000. The maximum atomic E-state index is 13.5. The normalized spacial score (nSPS) is 10.4. The number of nitrogens with zero attached hydrogens (tertiary/aromatic N) is 1. The molecule has 0 aliphatic rings. The van der Waals surface area contributed by atoms with Crippen LogP contribution >= 0.6 is 11.6 Å². The van der Waals surface area contributed by atoms with Crippen molar-refractivity contribution in [3.05, 3.63) is 52.8 Å². The van der Waals surface area contributed by atoms with Gasteiger partial charge in [-0.3, -0.25) is 9.59 Å². The zero-order valence-electron chi connectivity index (χ0n) is 16.8. The summed E-state index contributed by atoms with van der Waals surface area (Å²) in [6, 6.07) is 8.98. The lowest BCUT2D eigenvalue weighted by atomic mass is 10.2. The summed E-state index contributed by atoms with van der Waals surface area (Å²) in [7, 11) is 0. The highest BCUT2D eigenvalue weighted by Gasteiger charge is 2.12. The van der Waals surface area contributed by atoms with Gasteiger partial charge < -0.3 is 14.8 Å². The molecule has 9 heteroatoms. The van der Waals surface area contributed by atoms with E-state index in [2.05, 4.69) is 21.8 Å². The molecule has 2 N–H and O–H groups in total. The van der Waals surface area contributed by atoms with Gasteiger partial charge in [0.05, 0.1) is 23.5 Å². The highest BCUT2D eigenvalue weighted by atomic mass is 35.5. The van der Waals surface area contributed by atoms with E-state index in [-0.39, 0.29) is 30.2 Å². The summed E-state index contributed by atoms with van der Waals surface area (Å²) in [6.45, 7) is 2.23. The molecule has 0 saturated carbocycles. The van der Waals surface area contributed by atoms with Crippen molar-refractivity contribution in [2.75, 3.05) is 18.5 Å². The quantitative estimate of drug-likeness (QED) is 0.331. The lowest BCUT2D eigenvalue weighted by Gasteiger charge is -2.12. The Hall–Kier alpha value is -3.57. The Morgan fingerprint density at radius 2 is 1.97 bits per heavy atom. The number of terminal acetylenes is 1. The summed E-state index contributed by atoms with van der Waals surface area (Å²) in [5.74, 6) is 1.55. The minimum Gasteiger partial charge on any atom is -0.490 e. The van der Waals surface area contributed by atoms with Crippen LogP contribution in [0.25, 0.3) is 0 Å². The molecule has 0 bridgehead atoms. The summed E-state index contributed by atoms with van der Waals surface area (Å²) in [4.78, 5) is 23.8. The topological polar surface area (TPSA) is 89.0 Å². The number of carbonyl (C=O) groups is 2. The Morgan fingerprint density at radius 3 is 2.68 bits per heavy atom. The number of halogens is 2. The maximum absolute atomic E-state index is 13.5. The van der Waals surface area contributed by atoms with E-state index in [0.29, 0.717) is 23.7 Å². The van der Waals surface area contributed by atoms with Crippen molar-refractivity contribution in [2.45, 2.75) is 19.8 Å². The standard InChI is InChI=1S/C22H21ClFN3O4/c1-3-11-31-22-16(23)12-15(13-19(22)30-4-2)14-25-27-21(29)10-9-20(28)26-18-8-6-5-7-17(18)24/h1,5-8,12-14H,4,9-11H2,2H3,(H,26,28)(H,27,29). The fraction of sp³-hybridized carbons (Fsp3) is 0.227. The van der Waals surface area contributed by atoms with Gasteiger partial charge in [-0.05, 0) is 36.8 Å². The first-order chi connectivity index (χ1) is 14.9.